The lowest BCUT2D eigenvalue weighted by molar-refractivity contribution is 0.0723. The fourth-order valence-electron chi connectivity index (χ4n) is 2.27. The first-order valence-electron chi connectivity index (χ1n) is 5.76. The van der Waals surface area contributed by atoms with Crippen LogP contribution in [0.2, 0.25) is 0 Å². The van der Waals surface area contributed by atoms with E-state index in [0.29, 0.717) is 13.1 Å². The molecule has 0 atom stereocenters. The highest BCUT2D eigenvalue weighted by atomic mass is 16.2. The molecule has 1 aliphatic rings. The molecule has 0 aliphatic carbocycles. The van der Waals surface area contributed by atoms with Crippen LogP contribution >= 0.6 is 0 Å². The highest BCUT2D eigenvalue weighted by Gasteiger charge is 2.24. The molecule has 0 spiro atoms. The molecule has 0 bridgehead atoms. The Morgan fingerprint density at radius 3 is 3.11 bits per heavy atom. The monoisotopic (exact) mass is 243 g/mol. The number of nitrogens with one attached hydrogen (secondary N) is 1. The number of rotatable bonds is 1. The summed E-state index contributed by atoms with van der Waals surface area (Å²) in [6.07, 6.45) is 2.12. The zero-order chi connectivity index (χ0) is 12.5. The van der Waals surface area contributed by atoms with Gasteiger partial charge in [-0.25, -0.2) is 4.98 Å². The molecule has 92 valence electrons. The number of benzene rings is 1. The molecule has 2 aromatic rings. The van der Waals surface area contributed by atoms with Crippen LogP contribution in [0, 0.1) is 0 Å². The molecule has 0 saturated heterocycles. The normalized spacial score (nSPS) is 14.3. The average molecular weight is 243 g/mol. The number of hydrogen-bond acceptors (Lipinski definition) is 4. The Morgan fingerprint density at radius 2 is 2.33 bits per heavy atom. The molecule has 6 nitrogen and oxygen atoms in total. The number of amides is 1. The Labute approximate surface area is 104 Å². The van der Waals surface area contributed by atoms with Crippen molar-refractivity contribution < 1.29 is 4.79 Å². The molecule has 3 N–H and O–H groups in total. The fraction of sp³-hybridized carbons (Fsp3) is 0.250. The zero-order valence-electron chi connectivity index (χ0n) is 9.76. The topological polar surface area (TPSA) is 87.9 Å². The summed E-state index contributed by atoms with van der Waals surface area (Å²) >= 11 is 0. The van der Waals surface area contributed by atoms with Gasteiger partial charge in [-0.1, -0.05) is 12.1 Å². The van der Waals surface area contributed by atoms with Crippen molar-refractivity contribution in [3.05, 3.63) is 41.5 Å². The number of aromatic amines is 1. The van der Waals surface area contributed by atoms with Crippen LogP contribution < -0.4 is 5.73 Å². The summed E-state index contributed by atoms with van der Waals surface area (Å²) in [5.41, 5.74) is 8.99. The van der Waals surface area contributed by atoms with Crippen molar-refractivity contribution in [1.29, 1.82) is 0 Å². The van der Waals surface area contributed by atoms with E-state index < -0.39 is 0 Å². The second kappa shape index (κ2) is 4.14. The maximum atomic E-state index is 12.1. The lowest BCUT2D eigenvalue weighted by atomic mass is 9.98. The van der Waals surface area contributed by atoms with Crippen LogP contribution in [0.4, 0.5) is 5.69 Å². The third kappa shape index (κ3) is 1.71. The molecule has 2 heterocycles. The average Bonchev–Trinajstić information content (AvgIpc) is 2.91. The van der Waals surface area contributed by atoms with Crippen LogP contribution in [0.25, 0.3) is 0 Å². The van der Waals surface area contributed by atoms with Crippen LogP contribution in [-0.2, 0) is 13.0 Å². The molecule has 0 unspecified atom stereocenters. The second-order valence-corrected chi connectivity index (χ2v) is 4.30. The molecule has 0 fully saturated rings. The Morgan fingerprint density at radius 1 is 1.44 bits per heavy atom. The summed E-state index contributed by atoms with van der Waals surface area (Å²) in [4.78, 5) is 17.8. The van der Waals surface area contributed by atoms with Gasteiger partial charge >= 0.3 is 0 Å². The molecule has 1 amide bonds. The van der Waals surface area contributed by atoms with Gasteiger partial charge in [-0.05, 0) is 23.6 Å². The summed E-state index contributed by atoms with van der Waals surface area (Å²) in [6.45, 7) is 1.22. The number of H-pyrrole nitrogens is 1. The van der Waals surface area contributed by atoms with Crippen LogP contribution in [0.1, 0.15) is 21.7 Å². The Bertz CT molecular complexity index is 578. The Balaban J connectivity index is 1.85. The fourth-order valence-corrected chi connectivity index (χ4v) is 2.27. The first kappa shape index (κ1) is 10.8. The van der Waals surface area contributed by atoms with Crippen LogP contribution in [-0.4, -0.2) is 32.5 Å². The maximum absolute atomic E-state index is 12.1. The number of nitrogen functional groups attached to an aromatic ring is 1. The van der Waals surface area contributed by atoms with Crippen molar-refractivity contribution in [2.24, 2.45) is 0 Å². The van der Waals surface area contributed by atoms with Crippen LogP contribution in [0.3, 0.4) is 0 Å². The molecule has 0 saturated carbocycles. The van der Waals surface area contributed by atoms with Crippen molar-refractivity contribution in [2.45, 2.75) is 13.0 Å². The van der Waals surface area contributed by atoms with Gasteiger partial charge in [-0.15, -0.1) is 0 Å². The summed E-state index contributed by atoms with van der Waals surface area (Å²) < 4.78 is 0. The number of aromatic nitrogens is 3. The van der Waals surface area contributed by atoms with Crippen molar-refractivity contribution in [2.75, 3.05) is 12.3 Å². The number of carbonyl (C=O) groups excluding carboxylic acids is 1. The first-order valence-corrected chi connectivity index (χ1v) is 5.76. The van der Waals surface area contributed by atoms with E-state index >= 15 is 0 Å². The van der Waals surface area contributed by atoms with E-state index in [9.17, 15) is 4.79 Å². The quantitative estimate of drug-likeness (QED) is 0.717. The minimum Gasteiger partial charge on any atom is -0.398 e. The standard InChI is InChI=1S/C12H13N5O/c13-10-3-1-2-8-6-17(5-4-9(8)10)12(18)11-14-7-15-16-11/h1-3,7H,4-6,13H2,(H,14,15,16). The van der Waals surface area contributed by atoms with Crippen molar-refractivity contribution in [3.8, 4) is 0 Å². The molecular weight excluding hydrogens is 230 g/mol. The van der Waals surface area contributed by atoms with Gasteiger partial charge in [0.1, 0.15) is 6.33 Å². The number of nitrogens with two attached hydrogens (primary N) is 1. The zero-order valence-corrected chi connectivity index (χ0v) is 9.76. The number of carbonyl (C=O) groups is 1. The van der Waals surface area contributed by atoms with Gasteiger partial charge in [0.25, 0.3) is 5.91 Å². The number of anilines is 1. The minimum absolute atomic E-state index is 0.124. The molecule has 1 aromatic heterocycles. The molecule has 1 aliphatic heterocycles. The summed E-state index contributed by atoms with van der Waals surface area (Å²) in [7, 11) is 0. The van der Waals surface area contributed by atoms with Crippen LogP contribution in [0.15, 0.2) is 24.5 Å². The van der Waals surface area contributed by atoms with Gasteiger partial charge in [-0.3, -0.25) is 9.89 Å². The third-order valence-corrected chi connectivity index (χ3v) is 3.21. The largest absolute Gasteiger partial charge is 0.398 e. The number of hydrogen-bond donors (Lipinski definition) is 2. The summed E-state index contributed by atoms with van der Waals surface area (Å²) in [5.74, 6) is 0.155. The first-order chi connectivity index (χ1) is 8.75. The second-order valence-electron chi connectivity index (χ2n) is 4.30. The number of fused-ring (bicyclic) bond motifs is 1. The van der Waals surface area contributed by atoms with E-state index in [1.165, 1.54) is 6.33 Å². The van der Waals surface area contributed by atoms with Crippen molar-refractivity contribution >= 4 is 11.6 Å². The van der Waals surface area contributed by atoms with E-state index in [1.54, 1.807) is 4.90 Å². The van der Waals surface area contributed by atoms with Gasteiger partial charge in [0.15, 0.2) is 0 Å². The van der Waals surface area contributed by atoms with Gasteiger partial charge in [0.2, 0.25) is 5.82 Å². The predicted octanol–water partition coefficient (Wildman–Crippen LogP) is 0.585. The molecule has 3 rings (SSSR count). The Kier molecular flexibility index (Phi) is 2.47. The Hall–Kier alpha value is -2.37. The third-order valence-electron chi connectivity index (χ3n) is 3.21. The smallest absolute Gasteiger partial charge is 0.291 e. The van der Waals surface area contributed by atoms with Gasteiger partial charge in [0, 0.05) is 18.8 Å². The van der Waals surface area contributed by atoms with E-state index in [-0.39, 0.29) is 11.7 Å². The maximum Gasteiger partial charge on any atom is 0.291 e. The lowest BCUT2D eigenvalue weighted by Gasteiger charge is -2.28. The summed E-state index contributed by atoms with van der Waals surface area (Å²) in [6, 6.07) is 5.81. The minimum atomic E-state index is -0.124. The molecule has 18 heavy (non-hydrogen) atoms. The molecular formula is C12H13N5O. The lowest BCUT2D eigenvalue weighted by Crippen LogP contribution is -2.36. The number of nitrogens with zero attached hydrogens (tertiary/aromatic N) is 3. The highest BCUT2D eigenvalue weighted by molar-refractivity contribution is 5.90. The van der Waals surface area contributed by atoms with Crippen molar-refractivity contribution in [3.63, 3.8) is 0 Å². The predicted molar refractivity (Wildman–Crippen MR) is 65.7 cm³/mol. The van der Waals surface area contributed by atoms with E-state index in [0.717, 1.165) is 23.2 Å². The van der Waals surface area contributed by atoms with E-state index in [2.05, 4.69) is 15.2 Å². The van der Waals surface area contributed by atoms with Crippen LogP contribution in [0.5, 0.6) is 0 Å². The van der Waals surface area contributed by atoms with Gasteiger partial charge in [0.05, 0.1) is 0 Å². The molecule has 0 radical (unpaired) electrons. The van der Waals surface area contributed by atoms with Gasteiger partial charge < -0.3 is 10.6 Å². The van der Waals surface area contributed by atoms with E-state index in [4.69, 9.17) is 5.73 Å². The van der Waals surface area contributed by atoms with E-state index in [1.807, 2.05) is 18.2 Å². The molecule has 6 heteroatoms. The molecule has 1 aromatic carbocycles. The SMILES string of the molecule is Nc1cccc2c1CCN(C(=O)c1ncn[nH]1)C2. The summed E-state index contributed by atoms with van der Waals surface area (Å²) in [5, 5.41) is 6.29. The van der Waals surface area contributed by atoms with Gasteiger partial charge in [-0.2, -0.15) is 5.10 Å². The highest BCUT2D eigenvalue weighted by Crippen LogP contribution is 2.24. The van der Waals surface area contributed by atoms with Crippen molar-refractivity contribution in [1.82, 2.24) is 20.1 Å².